The van der Waals surface area contributed by atoms with Gasteiger partial charge in [-0.05, 0) is 12.8 Å². The monoisotopic (exact) mass is 257 g/mol. The van der Waals surface area contributed by atoms with Crippen LogP contribution in [-0.4, -0.2) is 19.2 Å². The molecule has 1 N–H and O–H groups in total. The fourth-order valence-electron chi connectivity index (χ4n) is 1.82. The highest BCUT2D eigenvalue weighted by Gasteiger charge is 1.99. The largest absolute Gasteiger partial charge is 0.450 e. The molecule has 0 aromatic carbocycles. The number of alkyl carbamates (subject to hydrolysis) is 1. The third-order valence-corrected chi connectivity index (χ3v) is 3.03. The fraction of sp³-hybridized carbons (Fsp3) is 0.933. The summed E-state index contributed by atoms with van der Waals surface area (Å²) in [6.07, 6.45) is 12.0. The average molecular weight is 257 g/mol. The van der Waals surface area contributed by atoms with Crippen LogP contribution in [0.4, 0.5) is 4.79 Å². The molecule has 0 fully saturated rings. The minimum absolute atomic E-state index is 0.258. The summed E-state index contributed by atoms with van der Waals surface area (Å²) in [4.78, 5) is 11.2. The van der Waals surface area contributed by atoms with Gasteiger partial charge in [0.2, 0.25) is 0 Å². The molecule has 0 atom stereocenters. The van der Waals surface area contributed by atoms with Gasteiger partial charge in [0.15, 0.2) is 0 Å². The quantitative estimate of drug-likeness (QED) is 0.517. The highest BCUT2D eigenvalue weighted by Crippen LogP contribution is 2.08. The highest BCUT2D eigenvalue weighted by atomic mass is 16.5. The smallest absolute Gasteiger partial charge is 0.407 e. The molecule has 0 aliphatic heterocycles. The van der Waals surface area contributed by atoms with Crippen LogP contribution >= 0.6 is 0 Å². The summed E-state index contributed by atoms with van der Waals surface area (Å²) in [6, 6.07) is 0. The molecule has 0 radical (unpaired) electrons. The summed E-state index contributed by atoms with van der Waals surface area (Å²) in [6.45, 7) is 5.64. The molecular formula is C15H31NO2. The van der Waals surface area contributed by atoms with Crippen LogP contribution in [0.2, 0.25) is 0 Å². The van der Waals surface area contributed by atoms with Crippen molar-refractivity contribution >= 4 is 6.09 Å². The van der Waals surface area contributed by atoms with Crippen LogP contribution in [0.1, 0.15) is 78.1 Å². The van der Waals surface area contributed by atoms with Crippen molar-refractivity contribution < 1.29 is 9.53 Å². The van der Waals surface area contributed by atoms with Crippen LogP contribution in [0.15, 0.2) is 0 Å². The minimum Gasteiger partial charge on any atom is -0.450 e. The Bertz CT molecular complexity index is 183. The van der Waals surface area contributed by atoms with Crippen molar-refractivity contribution in [2.75, 3.05) is 13.2 Å². The second-order valence-electron chi connectivity index (χ2n) is 4.89. The maximum absolute atomic E-state index is 11.2. The first-order valence-corrected chi connectivity index (χ1v) is 7.71. The number of carbonyl (C=O) groups is 1. The van der Waals surface area contributed by atoms with E-state index in [0.717, 1.165) is 25.8 Å². The van der Waals surface area contributed by atoms with Gasteiger partial charge in [-0.3, -0.25) is 0 Å². The van der Waals surface area contributed by atoms with Gasteiger partial charge in [0.05, 0.1) is 6.61 Å². The second-order valence-corrected chi connectivity index (χ2v) is 4.89. The molecule has 0 aliphatic rings. The Kier molecular flexibility index (Phi) is 13.8. The van der Waals surface area contributed by atoms with Gasteiger partial charge in [-0.25, -0.2) is 4.79 Å². The summed E-state index contributed by atoms with van der Waals surface area (Å²) in [7, 11) is 0. The van der Waals surface area contributed by atoms with Crippen LogP contribution < -0.4 is 5.32 Å². The van der Waals surface area contributed by atoms with E-state index >= 15 is 0 Å². The van der Waals surface area contributed by atoms with Crippen molar-refractivity contribution in [2.45, 2.75) is 78.1 Å². The molecule has 0 spiro atoms. The third-order valence-electron chi connectivity index (χ3n) is 3.03. The molecule has 0 unspecified atom stereocenters. The average Bonchev–Trinajstić information content (AvgIpc) is 2.37. The van der Waals surface area contributed by atoms with Crippen LogP contribution in [-0.2, 0) is 4.74 Å². The lowest BCUT2D eigenvalue weighted by Crippen LogP contribution is -2.25. The van der Waals surface area contributed by atoms with Crippen LogP contribution in [0, 0.1) is 0 Å². The number of carbonyl (C=O) groups excluding carboxylic acids is 1. The van der Waals surface area contributed by atoms with E-state index in [2.05, 4.69) is 19.2 Å². The lowest BCUT2D eigenvalue weighted by atomic mass is 10.1. The lowest BCUT2D eigenvalue weighted by Gasteiger charge is -2.06. The zero-order chi connectivity index (χ0) is 13.5. The molecule has 0 bridgehead atoms. The van der Waals surface area contributed by atoms with Crippen LogP contribution in [0.25, 0.3) is 0 Å². The number of ether oxygens (including phenoxy) is 1. The van der Waals surface area contributed by atoms with E-state index in [1.807, 2.05) is 0 Å². The van der Waals surface area contributed by atoms with Crippen molar-refractivity contribution in [3.63, 3.8) is 0 Å². The SMILES string of the molecule is CCCCCCCCCCOC(=O)NCCCC. The van der Waals surface area contributed by atoms with Crippen molar-refractivity contribution in [2.24, 2.45) is 0 Å². The maximum atomic E-state index is 11.2. The molecule has 1 amide bonds. The first-order chi connectivity index (χ1) is 8.81. The van der Waals surface area contributed by atoms with Crippen molar-refractivity contribution in [3.05, 3.63) is 0 Å². The summed E-state index contributed by atoms with van der Waals surface area (Å²) in [5.41, 5.74) is 0. The molecular weight excluding hydrogens is 226 g/mol. The Hall–Kier alpha value is -0.730. The van der Waals surface area contributed by atoms with Gasteiger partial charge in [0.1, 0.15) is 0 Å². The summed E-state index contributed by atoms with van der Waals surface area (Å²) in [5, 5.41) is 2.75. The van der Waals surface area contributed by atoms with E-state index in [1.165, 1.54) is 44.9 Å². The van der Waals surface area contributed by atoms with Gasteiger partial charge in [0.25, 0.3) is 0 Å². The van der Waals surface area contributed by atoms with Crippen molar-refractivity contribution in [3.8, 4) is 0 Å². The molecule has 18 heavy (non-hydrogen) atoms. The Labute approximate surface area is 113 Å². The molecule has 3 nitrogen and oxygen atoms in total. The third kappa shape index (κ3) is 13.3. The summed E-state index contributed by atoms with van der Waals surface area (Å²) in [5.74, 6) is 0. The van der Waals surface area contributed by atoms with Gasteiger partial charge in [-0.2, -0.15) is 0 Å². The van der Waals surface area contributed by atoms with E-state index in [9.17, 15) is 4.79 Å². The first-order valence-electron chi connectivity index (χ1n) is 7.71. The molecule has 0 heterocycles. The predicted octanol–water partition coefficient (Wildman–Crippen LogP) is 4.65. The maximum Gasteiger partial charge on any atom is 0.407 e. The molecule has 0 aliphatic carbocycles. The van der Waals surface area contributed by atoms with Crippen LogP contribution in [0.3, 0.4) is 0 Å². The van der Waals surface area contributed by atoms with E-state index in [-0.39, 0.29) is 6.09 Å². The number of nitrogens with one attached hydrogen (secondary N) is 1. The molecule has 3 heteroatoms. The molecule has 0 aromatic heterocycles. The van der Waals surface area contributed by atoms with Gasteiger partial charge < -0.3 is 10.1 Å². The molecule has 0 saturated heterocycles. The number of hydrogen-bond donors (Lipinski definition) is 1. The topological polar surface area (TPSA) is 38.3 Å². The number of amides is 1. The van der Waals surface area contributed by atoms with E-state index < -0.39 is 0 Å². The molecule has 108 valence electrons. The van der Waals surface area contributed by atoms with Gasteiger partial charge in [-0.15, -0.1) is 0 Å². The van der Waals surface area contributed by atoms with Gasteiger partial charge in [0, 0.05) is 6.54 Å². The highest BCUT2D eigenvalue weighted by molar-refractivity contribution is 5.66. The number of hydrogen-bond acceptors (Lipinski definition) is 2. The zero-order valence-corrected chi connectivity index (χ0v) is 12.3. The standard InChI is InChI=1S/C15H31NO2/c1-3-5-7-8-9-10-11-12-14-18-15(17)16-13-6-4-2/h3-14H2,1-2H3,(H,16,17). The van der Waals surface area contributed by atoms with Gasteiger partial charge >= 0.3 is 6.09 Å². The zero-order valence-electron chi connectivity index (χ0n) is 12.3. The van der Waals surface area contributed by atoms with Crippen molar-refractivity contribution in [1.82, 2.24) is 5.32 Å². The predicted molar refractivity (Wildman–Crippen MR) is 76.9 cm³/mol. The molecule has 0 saturated carbocycles. The lowest BCUT2D eigenvalue weighted by molar-refractivity contribution is 0.143. The Morgan fingerprint density at radius 2 is 1.39 bits per heavy atom. The fourth-order valence-corrected chi connectivity index (χ4v) is 1.82. The Morgan fingerprint density at radius 1 is 0.833 bits per heavy atom. The van der Waals surface area contributed by atoms with Crippen molar-refractivity contribution in [1.29, 1.82) is 0 Å². The molecule has 0 rings (SSSR count). The minimum atomic E-state index is -0.258. The Morgan fingerprint density at radius 3 is 2.00 bits per heavy atom. The normalized spacial score (nSPS) is 10.3. The molecule has 0 aromatic rings. The van der Waals surface area contributed by atoms with E-state index in [0.29, 0.717) is 6.61 Å². The summed E-state index contributed by atoms with van der Waals surface area (Å²) < 4.78 is 5.08. The summed E-state index contributed by atoms with van der Waals surface area (Å²) >= 11 is 0. The Balaban J connectivity index is 3.08. The van der Waals surface area contributed by atoms with E-state index in [4.69, 9.17) is 4.74 Å². The number of rotatable bonds is 12. The van der Waals surface area contributed by atoms with E-state index in [1.54, 1.807) is 0 Å². The number of unbranched alkanes of at least 4 members (excludes halogenated alkanes) is 8. The van der Waals surface area contributed by atoms with Crippen LogP contribution in [0.5, 0.6) is 0 Å². The van der Waals surface area contributed by atoms with Gasteiger partial charge in [-0.1, -0.05) is 65.2 Å². The first kappa shape index (κ1) is 17.3. The second kappa shape index (κ2) is 14.3.